The van der Waals surface area contributed by atoms with Gasteiger partial charge in [-0.25, -0.2) is 4.39 Å². The van der Waals surface area contributed by atoms with Crippen LogP contribution < -0.4 is 0 Å². The normalized spacial score (nSPS) is 56.7. The van der Waals surface area contributed by atoms with E-state index in [0.717, 1.165) is 0 Å². The fourth-order valence-electron chi connectivity index (χ4n) is 1.02. The standard InChI is InChI=1S/C5H6ClFO2/c6-5(7)3-4(5)9-2-1-8-3/h3-4H,1-2H2/t3-,4+,5?. The zero-order valence-corrected chi connectivity index (χ0v) is 5.40. The first-order valence-electron chi connectivity index (χ1n) is 2.84. The number of alkyl halides is 2. The van der Waals surface area contributed by atoms with E-state index in [1.165, 1.54) is 0 Å². The van der Waals surface area contributed by atoms with Gasteiger partial charge in [0.05, 0.1) is 13.2 Å². The van der Waals surface area contributed by atoms with Gasteiger partial charge in [0.25, 0.3) is 0 Å². The van der Waals surface area contributed by atoms with Crippen LogP contribution >= 0.6 is 11.6 Å². The van der Waals surface area contributed by atoms with Crippen LogP contribution in [-0.4, -0.2) is 30.5 Å². The Morgan fingerprint density at radius 3 is 2.11 bits per heavy atom. The van der Waals surface area contributed by atoms with Crippen LogP contribution in [0.15, 0.2) is 0 Å². The van der Waals surface area contributed by atoms with Crippen molar-refractivity contribution in [1.29, 1.82) is 0 Å². The maximum absolute atomic E-state index is 12.7. The van der Waals surface area contributed by atoms with Crippen molar-refractivity contribution >= 4 is 11.6 Å². The minimum absolute atomic E-state index is 0.458. The van der Waals surface area contributed by atoms with Crippen LogP contribution in [0.25, 0.3) is 0 Å². The van der Waals surface area contributed by atoms with Crippen molar-refractivity contribution in [3.8, 4) is 0 Å². The number of hydrogen-bond acceptors (Lipinski definition) is 2. The molecule has 3 atom stereocenters. The second kappa shape index (κ2) is 1.59. The molecule has 0 aromatic carbocycles. The number of rotatable bonds is 0. The first-order chi connectivity index (χ1) is 4.23. The summed E-state index contributed by atoms with van der Waals surface area (Å²) in [5, 5.41) is -1.73. The third-order valence-corrected chi connectivity index (χ3v) is 2.03. The summed E-state index contributed by atoms with van der Waals surface area (Å²) in [5.41, 5.74) is 0. The Morgan fingerprint density at radius 1 is 1.33 bits per heavy atom. The van der Waals surface area contributed by atoms with E-state index in [1.54, 1.807) is 0 Å². The molecule has 2 aliphatic rings. The quantitative estimate of drug-likeness (QED) is 0.476. The third-order valence-electron chi connectivity index (χ3n) is 1.60. The highest BCUT2D eigenvalue weighted by atomic mass is 35.5. The average Bonchev–Trinajstić information content (AvgIpc) is 2.39. The van der Waals surface area contributed by atoms with Crippen molar-refractivity contribution in [2.75, 3.05) is 13.2 Å². The van der Waals surface area contributed by atoms with Gasteiger partial charge < -0.3 is 9.47 Å². The molecule has 0 N–H and O–H groups in total. The molecule has 0 amide bonds. The molecular formula is C5H6ClFO2. The molecule has 0 aromatic rings. The van der Waals surface area contributed by atoms with Gasteiger partial charge >= 0.3 is 0 Å². The Balaban J connectivity index is 2.06. The predicted molar refractivity (Wildman–Crippen MR) is 29.2 cm³/mol. The second-order valence-electron chi connectivity index (χ2n) is 2.26. The lowest BCUT2D eigenvalue weighted by atomic mass is 10.6. The van der Waals surface area contributed by atoms with Crippen molar-refractivity contribution in [3.05, 3.63) is 0 Å². The van der Waals surface area contributed by atoms with Crippen molar-refractivity contribution in [3.63, 3.8) is 0 Å². The SMILES string of the molecule is FC1(Cl)[C@@H]2OCCO[C@@H]21. The van der Waals surface area contributed by atoms with Gasteiger partial charge in [0.1, 0.15) is 12.2 Å². The molecule has 0 radical (unpaired) electrons. The minimum Gasteiger partial charge on any atom is -0.368 e. The zero-order chi connectivity index (χ0) is 6.48. The minimum atomic E-state index is -1.73. The summed E-state index contributed by atoms with van der Waals surface area (Å²) in [6, 6.07) is 0. The van der Waals surface area contributed by atoms with Crippen LogP contribution in [0.4, 0.5) is 4.39 Å². The lowest BCUT2D eigenvalue weighted by Gasteiger charge is -2.07. The highest BCUT2D eigenvalue weighted by Gasteiger charge is 2.70. The van der Waals surface area contributed by atoms with Gasteiger partial charge in [-0.05, 0) is 0 Å². The largest absolute Gasteiger partial charge is 0.368 e. The predicted octanol–water partition coefficient (Wildman–Crippen LogP) is 0.689. The number of halogens is 2. The number of fused-ring (bicyclic) bond motifs is 1. The van der Waals surface area contributed by atoms with E-state index < -0.39 is 17.3 Å². The molecule has 4 heteroatoms. The van der Waals surface area contributed by atoms with E-state index in [4.69, 9.17) is 21.1 Å². The van der Waals surface area contributed by atoms with E-state index in [1.807, 2.05) is 0 Å². The summed E-state index contributed by atoms with van der Waals surface area (Å²) < 4.78 is 22.6. The molecular weight excluding hydrogens is 147 g/mol. The fraction of sp³-hybridized carbons (Fsp3) is 1.00. The van der Waals surface area contributed by atoms with Gasteiger partial charge in [-0.1, -0.05) is 11.6 Å². The first-order valence-corrected chi connectivity index (χ1v) is 3.22. The maximum Gasteiger partial charge on any atom is 0.240 e. The molecule has 1 saturated carbocycles. The van der Waals surface area contributed by atoms with E-state index in [0.29, 0.717) is 13.2 Å². The topological polar surface area (TPSA) is 18.5 Å². The molecule has 9 heavy (non-hydrogen) atoms. The Bertz CT molecular complexity index is 125. The summed E-state index contributed by atoms with van der Waals surface area (Å²) >= 11 is 5.30. The molecule has 2 fully saturated rings. The maximum atomic E-state index is 12.7. The third kappa shape index (κ3) is 0.687. The average molecular weight is 153 g/mol. The molecule has 52 valence electrons. The highest BCUT2D eigenvalue weighted by molar-refractivity contribution is 6.26. The lowest BCUT2D eigenvalue weighted by Crippen LogP contribution is -2.16. The molecule has 0 spiro atoms. The molecule has 2 nitrogen and oxygen atoms in total. The van der Waals surface area contributed by atoms with Crippen molar-refractivity contribution in [2.45, 2.75) is 17.3 Å². The van der Waals surface area contributed by atoms with Crippen LogP contribution in [0, 0.1) is 0 Å². The molecule has 1 saturated heterocycles. The van der Waals surface area contributed by atoms with E-state index >= 15 is 0 Å². The summed E-state index contributed by atoms with van der Waals surface area (Å²) in [6.45, 7) is 0.916. The Kier molecular flexibility index (Phi) is 1.04. The lowest BCUT2D eigenvalue weighted by molar-refractivity contribution is -0.0376. The Labute approximate surface area is 56.9 Å². The van der Waals surface area contributed by atoms with Crippen molar-refractivity contribution in [1.82, 2.24) is 0 Å². The number of hydrogen-bond donors (Lipinski definition) is 0. The van der Waals surface area contributed by atoms with Crippen molar-refractivity contribution < 1.29 is 13.9 Å². The summed E-state index contributed by atoms with van der Waals surface area (Å²) in [7, 11) is 0. The summed E-state index contributed by atoms with van der Waals surface area (Å²) in [6.07, 6.45) is -1.01. The van der Waals surface area contributed by atoms with E-state index in [2.05, 4.69) is 0 Å². The summed E-state index contributed by atoms with van der Waals surface area (Å²) in [5.74, 6) is 0. The van der Waals surface area contributed by atoms with Crippen LogP contribution in [0.3, 0.4) is 0 Å². The van der Waals surface area contributed by atoms with Gasteiger partial charge in [0.2, 0.25) is 5.13 Å². The Morgan fingerprint density at radius 2 is 1.78 bits per heavy atom. The van der Waals surface area contributed by atoms with Crippen LogP contribution in [-0.2, 0) is 9.47 Å². The fourth-order valence-corrected chi connectivity index (χ4v) is 1.31. The van der Waals surface area contributed by atoms with Gasteiger partial charge in [0, 0.05) is 0 Å². The Hall–Kier alpha value is 0.140. The molecule has 0 bridgehead atoms. The first kappa shape index (κ1) is 5.89. The number of ether oxygens (including phenoxy) is 2. The van der Waals surface area contributed by atoms with Crippen molar-refractivity contribution in [2.24, 2.45) is 0 Å². The van der Waals surface area contributed by atoms with Gasteiger partial charge in [0.15, 0.2) is 0 Å². The zero-order valence-electron chi connectivity index (χ0n) is 4.64. The highest BCUT2D eigenvalue weighted by Crippen LogP contribution is 2.50. The molecule has 1 unspecified atom stereocenters. The second-order valence-corrected chi connectivity index (χ2v) is 2.84. The van der Waals surface area contributed by atoms with Crippen LogP contribution in [0.2, 0.25) is 0 Å². The molecule has 1 aliphatic carbocycles. The van der Waals surface area contributed by atoms with Crippen LogP contribution in [0.5, 0.6) is 0 Å². The van der Waals surface area contributed by atoms with Crippen LogP contribution in [0.1, 0.15) is 0 Å². The summed E-state index contributed by atoms with van der Waals surface area (Å²) in [4.78, 5) is 0. The van der Waals surface area contributed by atoms with E-state index in [-0.39, 0.29) is 0 Å². The molecule has 0 aromatic heterocycles. The monoisotopic (exact) mass is 152 g/mol. The smallest absolute Gasteiger partial charge is 0.240 e. The van der Waals surface area contributed by atoms with Gasteiger partial charge in [-0.2, -0.15) is 0 Å². The molecule has 2 rings (SSSR count). The molecule has 1 heterocycles. The van der Waals surface area contributed by atoms with E-state index in [9.17, 15) is 4.39 Å². The van der Waals surface area contributed by atoms with Gasteiger partial charge in [-0.3, -0.25) is 0 Å². The van der Waals surface area contributed by atoms with Gasteiger partial charge in [-0.15, -0.1) is 0 Å². The molecule has 1 aliphatic heterocycles.